The van der Waals surface area contributed by atoms with E-state index in [0.717, 1.165) is 31.4 Å². The van der Waals surface area contributed by atoms with Crippen LogP contribution in [-0.4, -0.2) is 30.9 Å². The van der Waals surface area contributed by atoms with Gasteiger partial charge in [-0.3, -0.25) is 0 Å². The number of nitrogens with zero attached hydrogens (tertiary/aromatic N) is 1. The largest absolute Gasteiger partial charge is 0.465 e. The van der Waals surface area contributed by atoms with Gasteiger partial charge in [-0.2, -0.15) is 0 Å². The van der Waals surface area contributed by atoms with Gasteiger partial charge < -0.3 is 14.0 Å². The molecule has 0 atom stereocenters. The van der Waals surface area contributed by atoms with Gasteiger partial charge in [0.05, 0.1) is 12.7 Å². The van der Waals surface area contributed by atoms with Crippen LogP contribution in [0.3, 0.4) is 0 Å². The zero-order valence-corrected chi connectivity index (χ0v) is 13.1. The zero-order valence-electron chi connectivity index (χ0n) is 13.1. The van der Waals surface area contributed by atoms with Crippen LogP contribution in [0.4, 0.5) is 0 Å². The van der Waals surface area contributed by atoms with Crippen LogP contribution in [0.2, 0.25) is 0 Å². The number of hydrogen-bond acceptors (Lipinski definition) is 3. The number of carbonyl (C=O) groups excluding carboxylic acids is 1. The number of esters is 1. The maximum absolute atomic E-state index is 11.9. The van der Waals surface area contributed by atoms with E-state index in [1.54, 1.807) is 0 Å². The highest BCUT2D eigenvalue weighted by molar-refractivity contribution is 6.10. The van der Waals surface area contributed by atoms with Crippen molar-refractivity contribution in [3.8, 4) is 0 Å². The summed E-state index contributed by atoms with van der Waals surface area (Å²) in [6.07, 6.45) is 2.04. The van der Waals surface area contributed by atoms with Gasteiger partial charge in [-0.25, -0.2) is 4.79 Å². The highest BCUT2D eigenvalue weighted by Gasteiger charge is 2.21. The first-order valence-electron chi connectivity index (χ1n) is 7.98. The molecule has 0 N–H and O–H groups in total. The van der Waals surface area contributed by atoms with E-state index in [-0.39, 0.29) is 5.97 Å². The Morgan fingerprint density at radius 2 is 1.83 bits per heavy atom. The number of hydrogen-bond donors (Lipinski definition) is 0. The third-order valence-corrected chi connectivity index (χ3v) is 4.69. The van der Waals surface area contributed by atoms with Crippen LogP contribution in [0, 0.1) is 0 Å². The summed E-state index contributed by atoms with van der Waals surface area (Å²) >= 11 is 0. The Hall–Kier alpha value is -2.33. The van der Waals surface area contributed by atoms with Crippen LogP contribution in [-0.2, 0) is 9.47 Å². The molecule has 0 aliphatic carbocycles. The van der Waals surface area contributed by atoms with Crippen molar-refractivity contribution >= 4 is 27.8 Å². The van der Waals surface area contributed by atoms with Gasteiger partial charge in [0.15, 0.2) is 0 Å². The monoisotopic (exact) mass is 309 g/mol. The molecule has 0 unspecified atom stereocenters. The maximum Gasteiger partial charge on any atom is 0.337 e. The fourth-order valence-corrected chi connectivity index (χ4v) is 3.58. The molecule has 0 radical (unpaired) electrons. The molecule has 2 heterocycles. The van der Waals surface area contributed by atoms with Gasteiger partial charge in [-0.1, -0.05) is 18.2 Å². The van der Waals surface area contributed by atoms with Crippen molar-refractivity contribution in [2.45, 2.75) is 18.9 Å². The maximum atomic E-state index is 11.9. The number of methoxy groups -OCH3 is 1. The molecule has 23 heavy (non-hydrogen) atoms. The van der Waals surface area contributed by atoms with Gasteiger partial charge in [0.25, 0.3) is 0 Å². The third-order valence-electron chi connectivity index (χ3n) is 4.69. The SMILES string of the molecule is COC(=O)c1ccc2c(c1)c1ccccc1n2C1CCOCC1. The lowest BCUT2D eigenvalue weighted by molar-refractivity contribution is 0.0601. The lowest BCUT2D eigenvalue weighted by Crippen LogP contribution is -2.19. The summed E-state index contributed by atoms with van der Waals surface area (Å²) in [5, 5.41) is 2.29. The van der Waals surface area contributed by atoms with Crippen molar-refractivity contribution in [2.75, 3.05) is 20.3 Å². The molecule has 0 bridgehead atoms. The normalized spacial score (nSPS) is 16.0. The number of fused-ring (bicyclic) bond motifs is 3. The molecule has 1 aromatic heterocycles. The Morgan fingerprint density at radius 3 is 2.61 bits per heavy atom. The molecule has 4 rings (SSSR count). The highest BCUT2D eigenvalue weighted by atomic mass is 16.5. The Labute approximate surface area is 134 Å². The molecule has 1 saturated heterocycles. The number of para-hydroxylation sites is 1. The number of benzene rings is 2. The molecule has 0 spiro atoms. The fraction of sp³-hybridized carbons (Fsp3) is 0.316. The molecule has 0 saturated carbocycles. The minimum absolute atomic E-state index is 0.296. The van der Waals surface area contributed by atoms with Crippen LogP contribution >= 0.6 is 0 Å². The van der Waals surface area contributed by atoms with Crippen LogP contribution < -0.4 is 0 Å². The molecular formula is C19H19NO3. The molecule has 1 fully saturated rings. The van der Waals surface area contributed by atoms with Crippen molar-refractivity contribution in [1.29, 1.82) is 0 Å². The van der Waals surface area contributed by atoms with Gasteiger partial charge in [0.2, 0.25) is 0 Å². The first-order valence-corrected chi connectivity index (χ1v) is 7.98. The van der Waals surface area contributed by atoms with Gasteiger partial charge in [-0.05, 0) is 37.1 Å². The van der Waals surface area contributed by atoms with Crippen LogP contribution in [0.1, 0.15) is 29.2 Å². The van der Waals surface area contributed by atoms with Crippen LogP contribution in [0.5, 0.6) is 0 Å². The van der Waals surface area contributed by atoms with Gasteiger partial charge in [0, 0.05) is 41.1 Å². The average molecular weight is 309 g/mol. The van der Waals surface area contributed by atoms with Crippen molar-refractivity contribution in [1.82, 2.24) is 4.57 Å². The Morgan fingerprint density at radius 1 is 1.09 bits per heavy atom. The van der Waals surface area contributed by atoms with E-state index in [1.165, 1.54) is 23.5 Å². The summed E-state index contributed by atoms with van der Waals surface area (Å²) in [4.78, 5) is 11.9. The number of ether oxygens (including phenoxy) is 2. The van der Waals surface area contributed by atoms with E-state index >= 15 is 0 Å². The first-order chi connectivity index (χ1) is 11.3. The van der Waals surface area contributed by atoms with Crippen molar-refractivity contribution < 1.29 is 14.3 Å². The summed E-state index contributed by atoms with van der Waals surface area (Å²) in [7, 11) is 1.41. The molecule has 4 nitrogen and oxygen atoms in total. The highest BCUT2D eigenvalue weighted by Crippen LogP contribution is 2.35. The van der Waals surface area contributed by atoms with Gasteiger partial charge >= 0.3 is 5.97 Å². The molecule has 3 aromatic rings. The lowest BCUT2D eigenvalue weighted by atomic mass is 10.1. The second-order valence-electron chi connectivity index (χ2n) is 5.95. The Kier molecular flexibility index (Phi) is 3.54. The first kappa shape index (κ1) is 14.3. The predicted octanol–water partition coefficient (Wildman–Crippen LogP) is 3.93. The van der Waals surface area contributed by atoms with E-state index in [2.05, 4.69) is 22.8 Å². The number of aromatic nitrogens is 1. The molecular weight excluding hydrogens is 290 g/mol. The van der Waals surface area contributed by atoms with E-state index in [9.17, 15) is 4.79 Å². The molecule has 0 amide bonds. The van der Waals surface area contributed by atoms with Gasteiger partial charge in [0.1, 0.15) is 0 Å². The summed E-state index contributed by atoms with van der Waals surface area (Å²) in [6.45, 7) is 1.61. The molecule has 1 aliphatic heterocycles. The van der Waals surface area contributed by atoms with Crippen LogP contribution in [0.15, 0.2) is 42.5 Å². The van der Waals surface area contributed by atoms with E-state index in [1.807, 2.05) is 24.3 Å². The number of carbonyl (C=O) groups is 1. The van der Waals surface area contributed by atoms with Crippen molar-refractivity contribution in [2.24, 2.45) is 0 Å². The Bertz CT molecular complexity index is 875. The minimum atomic E-state index is -0.296. The molecule has 2 aromatic carbocycles. The Balaban J connectivity index is 1.98. The summed E-state index contributed by atoms with van der Waals surface area (Å²) in [5.74, 6) is -0.296. The molecule has 1 aliphatic rings. The lowest BCUT2D eigenvalue weighted by Gasteiger charge is -2.25. The quantitative estimate of drug-likeness (QED) is 0.673. The molecule has 118 valence electrons. The second-order valence-corrected chi connectivity index (χ2v) is 5.95. The van der Waals surface area contributed by atoms with Crippen molar-refractivity contribution in [3.63, 3.8) is 0 Å². The van der Waals surface area contributed by atoms with Gasteiger partial charge in [-0.15, -0.1) is 0 Å². The fourth-order valence-electron chi connectivity index (χ4n) is 3.58. The summed E-state index contributed by atoms with van der Waals surface area (Å²) < 4.78 is 12.8. The summed E-state index contributed by atoms with van der Waals surface area (Å²) in [5.41, 5.74) is 2.98. The molecule has 4 heteroatoms. The third kappa shape index (κ3) is 2.30. The second kappa shape index (κ2) is 5.70. The summed E-state index contributed by atoms with van der Waals surface area (Å²) in [6, 6.07) is 14.7. The van der Waals surface area contributed by atoms with E-state index in [4.69, 9.17) is 9.47 Å². The van der Waals surface area contributed by atoms with Crippen molar-refractivity contribution in [3.05, 3.63) is 48.0 Å². The van der Waals surface area contributed by atoms with E-state index < -0.39 is 0 Å². The average Bonchev–Trinajstić information content (AvgIpc) is 2.95. The standard InChI is InChI=1S/C19H19NO3/c1-22-19(21)13-6-7-18-16(12-13)15-4-2-3-5-17(15)20(18)14-8-10-23-11-9-14/h2-7,12,14H,8-11H2,1H3. The smallest absolute Gasteiger partial charge is 0.337 e. The zero-order chi connectivity index (χ0) is 15.8. The predicted molar refractivity (Wildman–Crippen MR) is 89.9 cm³/mol. The minimum Gasteiger partial charge on any atom is -0.465 e. The topological polar surface area (TPSA) is 40.5 Å². The van der Waals surface area contributed by atoms with E-state index in [0.29, 0.717) is 11.6 Å². The number of rotatable bonds is 2. The van der Waals surface area contributed by atoms with Crippen LogP contribution in [0.25, 0.3) is 21.8 Å².